The van der Waals surface area contributed by atoms with E-state index in [1.807, 2.05) is 20.8 Å². The predicted molar refractivity (Wildman–Crippen MR) is 61.3 cm³/mol. The fourth-order valence-electron chi connectivity index (χ4n) is 1.47. The van der Waals surface area contributed by atoms with Crippen molar-refractivity contribution in [2.24, 2.45) is 0 Å². The Balaban J connectivity index is 2.42. The lowest BCUT2D eigenvalue weighted by molar-refractivity contribution is -0.108. The van der Waals surface area contributed by atoms with E-state index < -0.39 is 5.60 Å². The van der Waals surface area contributed by atoms with Gasteiger partial charge in [-0.2, -0.15) is 0 Å². The van der Waals surface area contributed by atoms with Crippen LogP contribution in [0.4, 0.5) is 4.79 Å². The first kappa shape index (κ1) is 13.0. The largest absolute Gasteiger partial charge is 0.444 e. The van der Waals surface area contributed by atoms with Crippen molar-refractivity contribution in [1.29, 1.82) is 0 Å². The second kappa shape index (κ2) is 5.32. The van der Waals surface area contributed by atoms with Crippen molar-refractivity contribution in [1.82, 2.24) is 4.90 Å². The smallest absolute Gasteiger partial charge is 0.410 e. The molecule has 92 valence electrons. The predicted octanol–water partition coefficient (Wildman–Crippen LogP) is 2.37. The van der Waals surface area contributed by atoms with Crippen LogP contribution in [0.1, 0.15) is 46.5 Å². The maximum Gasteiger partial charge on any atom is 0.410 e. The van der Waals surface area contributed by atoms with E-state index in [-0.39, 0.29) is 6.09 Å². The monoisotopic (exact) mass is 227 g/mol. The van der Waals surface area contributed by atoms with Gasteiger partial charge >= 0.3 is 6.09 Å². The lowest BCUT2D eigenvalue weighted by Crippen LogP contribution is -2.38. The number of hydrogen-bond donors (Lipinski definition) is 0. The molecular formula is C12H21NO3. The highest BCUT2D eigenvalue weighted by atomic mass is 16.6. The molecule has 1 aliphatic rings. The number of amides is 1. The van der Waals surface area contributed by atoms with Gasteiger partial charge in [0.05, 0.1) is 0 Å². The van der Waals surface area contributed by atoms with Gasteiger partial charge in [-0.15, -0.1) is 0 Å². The summed E-state index contributed by atoms with van der Waals surface area (Å²) in [5.41, 5.74) is -0.450. The van der Waals surface area contributed by atoms with Crippen LogP contribution >= 0.6 is 0 Å². The first-order valence-electron chi connectivity index (χ1n) is 5.87. The zero-order chi connectivity index (χ0) is 12.2. The van der Waals surface area contributed by atoms with E-state index in [9.17, 15) is 9.59 Å². The van der Waals surface area contributed by atoms with Gasteiger partial charge in [0.15, 0.2) is 0 Å². The normalized spacial score (nSPS) is 15.7. The molecule has 1 fully saturated rings. The van der Waals surface area contributed by atoms with Crippen LogP contribution in [0.25, 0.3) is 0 Å². The molecule has 0 aromatic heterocycles. The van der Waals surface area contributed by atoms with Crippen LogP contribution in [-0.4, -0.2) is 35.5 Å². The summed E-state index contributed by atoms with van der Waals surface area (Å²) in [5.74, 6) is 0. The number of rotatable bonds is 5. The second-order valence-electron chi connectivity index (χ2n) is 5.21. The molecule has 0 aromatic rings. The first-order chi connectivity index (χ1) is 7.44. The highest BCUT2D eigenvalue weighted by Gasteiger charge is 2.34. The summed E-state index contributed by atoms with van der Waals surface area (Å²) >= 11 is 0. The van der Waals surface area contributed by atoms with Crippen molar-refractivity contribution in [2.75, 3.05) is 6.54 Å². The van der Waals surface area contributed by atoms with Gasteiger partial charge in [0.1, 0.15) is 11.9 Å². The zero-order valence-electron chi connectivity index (χ0n) is 10.4. The Labute approximate surface area is 96.9 Å². The third-order valence-electron chi connectivity index (χ3n) is 2.34. The minimum atomic E-state index is -0.450. The Kier molecular flexibility index (Phi) is 4.33. The second-order valence-corrected chi connectivity index (χ2v) is 5.21. The van der Waals surface area contributed by atoms with E-state index in [4.69, 9.17) is 4.74 Å². The average Bonchev–Trinajstić information content (AvgIpc) is 2.92. The van der Waals surface area contributed by atoms with E-state index in [0.29, 0.717) is 19.0 Å². The summed E-state index contributed by atoms with van der Waals surface area (Å²) in [6.45, 7) is 6.21. The fourth-order valence-corrected chi connectivity index (χ4v) is 1.47. The Hall–Kier alpha value is -1.06. The van der Waals surface area contributed by atoms with Crippen molar-refractivity contribution >= 4 is 12.4 Å². The van der Waals surface area contributed by atoms with Crippen molar-refractivity contribution in [3.05, 3.63) is 0 Å². The third-order valence-corrected chi connectivity index (χ3v) is 2.34. The highest BCUT2D eigenvalue weighted by molar-refractivity contribution is 5.69. The van der Waals surface area contributed by atoms with Crippen LogP contribution in [0.3, 0.4) is 0 Å². The molecule has 0 heterocycles. The highest BCUT2D eigenvalue weighted by Crippen LogP contribution is 2.28. The molecule has 0 radical (unpaired) electrons. The number of carbonyl (C=O) groups excluding carboxylic acids is 2. The summed E-state index contributed by atoms with van der Waals surface area (Å²) in [5, 5.41) is 0. The Bertz CT molecular complexity index is 253. The third kappa shape index (κ3) is 4.64. The zero-order valence-corrected chi connectivity index (χ0v) is 10.4. The number of unbranched alkanes of at least 4 members (excludes halogenated alkanes) is 1. The van der Waals surface area contributed by atoms with Crippen LogP contribution in [0.2, 0.25) is 0 Å². The molecule has 4 heteroatoms. The van der Waals surface area contributed by atoms with Crippen molar-refractivity contribution in [2.45, 2.75) is 58.1 Å². The Morgan fingerprint density at radius 3 is 2.50 bits per heavy atom. The molecule has 0 atom stereocenters. The number of aldehydes is 1. The standard InChI is InChI=1S/C12H21NO3/c1-12(2,3)16-11(15)13(10-6-7-10)8-4-5-9-14/h9-10H,4-8H2,1-3H3. The Morgan fingerprint density at radius 1 is 1.44 bits per heavy atom. The first-order valence-corrected chi connectivity index (χ1v) is 5.87. The van der Waals surface area contributed by atoms with Gasteiger partial charge in [0, 0.05) is 19.0 Å². The maximum absolute atomic E-state index is 11.8. The molecule has 0 aromatic carbocycles. The summed E-state index contributed by atoms with van der Waals surface area (Å²) in [7, 11) is 0. The molecule has 16 heavy (non-hydrogen) atoms. The molecule has 0 aliphatic heterocycles. The summed E-state index contributed by atoms with van der Waals surface area (Å²) < 4.78 is 5.33. The molecule has 0 saturated heterocycles. The maximum atomic E-state index is 11.8. The van der Waals surface area contributed by atoms with Crippen LogP contribution in [0.15, 0.2) is 0 Å². The molecule has 1 rings (SSSR count). The number of nitrogens with zero attached hydrogens (tertiary/aromatic N) is 1. The number of carbonyl (C=O) groups is 2. The molecule has 1 saturated carbocycles. The SMILES string of the molecule is CC(C)(C)OC(=O)N(CCCC=O)C1CC1. The van der Waals surface area contributed by atoms with Crippen LogP contribution in [-0.2, 0) is 9.53 Å². The molecule has 0 unspecified atom stereocenters. The van der Waals surface area contributed by atoms with E-state index >= 15 is 0 Å². The van der Waals surface area contributed by atoms with Gasteiger partial charge < -0.3 is 14.4 Å². The van der Waals surface area contributed by atoms with Gasteiger partial charge in [-0.25, -0.2) is 4.79 Å². The van der Waals surface area contributed by atoms with Gasteiger partial charge in [-0.1, -0.05) is 0 Å². The minimum Gasteiger partial charge on any atom is -0.444 e. The van der Waals surface area contributed by atoms with Crippen LogP contribution < -0.4 is 0 Å². The summed E-state index contributed by atoms with van der Waals surface area (Å²) in [6.07, 6.45) is 3.98. The van der Waals surface area contributed by atoms with Gasteiger partial charge in [0.25, 0.3) is 0 Å². The van der Waals surface area contributed by atoms with E-state index in [1.165, 1.54) is 0 Å². The summed E-state index contributed by atoms with van der Waals surface area (Å²) in [6, 6.07) is 0.335. The van der Waals surface area contributed by atoms with Crippen LogP contribution in [0, 0.1) is 0 Å². The van der Waals surface area contributed by atoms with E-state index in [1.54, 1.807) is 4.90 Å². The number of hydrogen-bond acceptors (Lipinski definition) is 3. The summed E-state index contributed by atoms with van der Waals surface area (Å²) in [4.78, 5) is 23.8. The topological polar surface area (TPSA) is 46.6 Å². The molecule has 0 bridgehead atoms. The molecule has 1 aliphatic carbocycles. The molecule has 4 nitrogen and oxygen atoms in total. The molecular weight excluding hydrogens is 206 g/mol. The van der Waals surface area contributed by atoms with E-state index in [0.717, 1.165) is 25.5 Å². The number of ether oxygens (including phenoxy) is 1. The van der Waals surface area contributed by atoms with Gasteiger partial charge in [-0.3, -0.25) is 0 Å². The quantitative estimate of drug-likeness (QED) is 0.535. The van der Waals surface area contributed by atoms with Gasteiger partial charge in [0.2, 0.25) is 0 Å². The Morgan fingerprint density at radius 2 is 2.06 bits per heavy atom. The van der Waals surface area contributed by atoms with Crippen molar-refractivity contribution in [3.8, 4) is 0 Å². The van der Waals surface area contributed by atoms with Crippen molar-refractivity contribution < 1.29 is 14.3 Å². The average molecular weight is 227 g/mol. The van der Waals surface area contributed by atoms with Crippen molar-refractivity contribution in [3.63, 3.8) is 0 Å². The van der Waals surface area contributed by atoms with E-state index in [2.05, 4.69) is 0 Å². The van der Waals surface area contributed by atoms with Gasteiger partial charge in [-0.05, 0) is 40.0 Å². The minimum absolute atomic E-state index is 0.249. The molecule has 1 amide bonds. The lowest BCUT2D eigenvalue weighted by Gasteiger charge is -2.27. The molecule has 0 N–H and O–H groups in total. The molecule has 0 spiro atoms. The van der Waals surface area contributed by atoms with Crippen LogP contribution in [0.5, 0.6) is 0 Å². The lowest BCUT2D eigenvalue weighted by atomic mass is 10.2. The fraction of sp³-hybridized carbons (Fsp3) is 0.833.